The minimum atomic E-state index is -0.259. The molecule has 94 valence electrons. The third-order valence-electron chi connectivity index (χ3n) is 3.07. The number of carbonyl (C=O) groups is 1. The summed E-state index contributed by atoms with van der Waals surface area (Å²) >= 11 is 1.60. The molecule has 0 aliphatic carbocycles. The van der Waals surface area contributed by atoms with Crippen LogP contribution in [-0.4, -0.2) is 13.1 Å². The molecule has 2 rings (SSSR count). The summed E-state index contributed by atoms with van der Waals surface area (Å²) in [5.74, 6) is -0.0510. The van der Waals surface area contributed by atoms with Gasteiger partial charge in [-0.2, -0.15) is 0 Å². The van der Waals surface area contributed by atoms with Crippen LogP contribution in [0.2, 0.25) is 0 Å². The van der Waals surface area contributed by atoms with Gasteiger partial charge in [0.15, 0.2) is 0 Å². The van der Waals surface area contributed by atoms with Crippen molar-refractivity contribution in [2.24, 2.45) is 0 Å². The summed E-state index contributed by atoms with van der Waals surface area (Å²) in [6.45, 7) is 4.18. The van der Waals surface area contributed by atoms with E-state index in [0.717, 1.165) is 4.88 Å². The number of thiophene rings is 1. The summed E-state index contributed by atoms with van der Waals surface area (Å²) in [6.07, 6.45) is 0. The smallest absolute Gasteiger partial charge is 0.339 e. The van der Waals surface area contributed by atoms with Crippen LogP contribution in [0.25, 0.3) is 0 Å². The molecule has 0 bridgehead atoms. The fraction of sp³-hybridized carbons (Fsp3) is 0.267. The van der Waals surface area contributed by atoms with E-state index in [0.29, 0.717) is 5.56 Å². The Morgan fingerprint density at radius 3 is 2.50 bits per heavy atom. The van der Waals surface area contributed by atoms with Crippen LogP contribution in [0.5, 0.6) is 0 Å². The minimum absolute atomic E-state index is 0.208. The lowest BCUT2D eigenvalue weighted by atomic mass is 9.96. The van der Waals surface area contributed by atoms with E-state index in [1.54, 1.807) is 11.3 Å². The van der Waals surface area contributed by atoms with Crippen LogP contribution >= 0.6 is 11.3 Å². The number of ether oxygens (including phenoxy) is 1. The van der Waals surface area contributed by atoms with Gasteiger partial charge in [0.1, 0.15) is 0 Å². The van der Waals surface area contributed by atoms with Crippen LogP contribution < -0.4 is 0 Å². The zero-order valence-corrected chi connectivity index (χ0v) is 11.6. The molecular formula is C15H16O2S. The summed E-state index contributed by atoms with van der Waals surface area (Å²) in [5.41, 5.74) is 3.13. The third-order valence-corrected chi connectivity index (χ3v) is 4.17. The molecule has 0 aliphatic rings. The first-order valence-corrected chi connectivity index (χ1v) is 6.73. The highest BCUT2D eigenvalue weighted by Crippen LogP contribution is 2.31. The lowest BCUT2D eigenvalue weighted by Gasteiger charge is -2.12. The van der Waals surface area contributed by atoms with E-state index in [9.17, 15) is 4.79 Å². The van der Waals surface area contributed by atoms with Crippen LogP contribution in [0.15, 0.2) is 35.7 Å². The Kier molecular flexibility index (Phi) is 3.82. The maximum absolute atomic E-state index is 11.7. The van der Waals surface area contributed by atoms with E-state index >= 15 is 0 Å². The third kappa shape index (κ3) is 2.46. The lowest BCUT2D eigenvalue weighted by Crippen LogP contribution is -2.05. The summed E-state index contributed by atoms with van der Waals surface area (Å²) in [5, 5.41) is 1.94. The predicted molar refractivity (Wildman–Crippen MR) is 74.4 cm³/mol. The molecule has 0 saturated heterocycles. The van der Waals surface area contributed by atoms with Crippen LogP contribution in [0.1, 0.15) is 39.2 Å². The van der Waals surface area contributed by atoms with Crippen molar-refractivity contribution >= 4 is 17.3 Å². The zero-order valence-electron chi connectivity index (χ0n) is 10.8. The van der Waals surface area contributed by atoms with E-state index in [2.05, 4.69) is 38.1 Å². The molecule has 1 heterocycles. The Hall–Kier alpha value is -1.61. The molecule has 3 heteroatoms. The quantitative estimate of drug-likeness (QED) is 0.780. The first-order valence-electron chi connectivity index (χ1n) is 5.85. The maximum atomic E-state index is 11.7. The maximum Gasteiger partial charge on any atom is 0.339 e. The van der Waals surface area contributed by atoms with Crippen molar-refractivity contribution in [3.05, 3.63) is 57.3 Å². The average molecular weight is 260 g/mol. The fourth-order valence-electron chi connectivity index (χ4n) is 1.94. The van der Waals surface area contributed by atoms with E-state index < -0.39 is 0 Å². The van der Waals surface area contributed by atoms with Crippen molar-refractivity contribution < 1.29 is 9.53 Å². The molecule has 0 amide bonds. The zero-order chi connectivity index (χ0) is 13.1. The average Bonchev–Trinajstić information content (AvgIpc) is 2.87. The Morgan fingerprint density at radius 1 is 1.22 bits per heavy atom. The first-order chi connectivity index (χ1) is 8.63. The van der Waals surface area contributed by atoms with Crippen LogP contribution in [0, 0.1) is 6.92 Å². The van der Waals surface area contributed by atoms with Crippen molar-refractivity contribution in [1.82, 2.24) is 0 Å². The van der Waals surface area contributed by atoms with E-state index in [1.807, 2.05) is 11.4 Å². The second-order valence-electron chi connectivity index (χ2n) is 4.32. The molecule has 0 spiro atoms. The van der Waals surface area contributed by atoms with Crippen LogP contribution in [-0.2, 0) is 4.74 Å². The Balaban J connectivity index is 2.34. The Labute approximate surface area is 111 Å². The first kappa shape index (κ1) is 12.8. The lowest BCUT2D eigenvalue weighted by molar-refractivity contribution is 0.0600. The van der Waals surface area contributed by atoms with Gasteiger partial charge in [-0.05, 0) is 23.9 Å². The Morgan fingerprint density at radius 2 is 1.89 bits per heavy atom. The molecule has 18 heavy (non-hydrogen) atoms. The molecular weight excluding hydrogens is 244 g/mol. The van der Waals surface area contributed by atoms with Crippen molar-refractivity contribution in [3.8, 4) is 0 Å². The number of carbonyl (C=O) groups excluding carboxylic acids is 1. The van der Waals surface area contributed by atoms with Gasteiger partial charge in [0.2, 0.25) is 0 Å². The second-order valence-corrected chi connectivity index (χ2v) is 5.27. The molecule has 1 atom stereocenters. The van der Waals surface area contributed by atoms with Crippen molar-refractivity contribution in [1.29, 1.82) is 0 Å². The standard InChI is InChI=1S/C15H16O2S/c1-10-4-6-12(7-5-10)11(2)14-13(8-9-18-14)15(16)17-3/h4-9,11H,1-3H3. The molecule has 0 radical (unpaired) electrons. The number of methoxy groups -OCH3 is 1. The van der Waals surface area contributed by atoms with E-state index in [-0.39, 0.29) is 11.9 Å². The van der Waals surface area contributed by atoms with Gasteiger partial charge in [-0.25, -0.2) is 4.79 Å². The molecule has 0 saturated carbocycles. The number of benzene rings is 1. The van der Waals surface area contributed by atoms with Crippen molar-refractivity contribution in [2.45, 2.75) is 19.8 Å². The number of esters is 1. The van der Waals surface area contributed by atoms with Gasteiger partial charge in [0.25, 0.3) is 0 Å². The van der Waals surface area contributed by atoms with Gasteiger partial charge < -0.3 is 4.74 Å². The summed E-state index contributed by atoms with van der Waals surface area (Å²) in [4.78, 5) is 12.7. The van der Waals surface area contributed by atoms with Gasteiger partial charge in [-0.3, -0.25) is 0 Å². The molecule has 2 nitrogen and oxygen atoms in total. The summed E-state index contributed by atoms with van der Waals surface area (Å²) in [6, 6.07) is 10.2. The number of rotatable bonds is 3. The number of hydrogen-bond donors (Lipinski definition) is 0. The van der Waals surface area contributed by atoms with Gasteiger partial charge in [0, 0.05) is 10.8 Å². The number of aryl methyl sites for hydroxylation is 1. The van der Waals surface area contributed by atoms with Gasteiger partial charge in [-0.15, -0.1) is 11.3 Å². The minimum Gasteiger partial charge on any atom is -0.465 e. The molecule has 2 aromatic rings. The fourth-order valence-corrected chi connectivity index (χ4v) is 2.91. The Bertz CT molecular complexity index is 540. The largest absolute Gasteiger partial charge is 0.465 e. The normalized spacial score (nSPS) is 12.2. The molecule has 1 aromatic carbocycles. The van der Waals surface area contributed by atoms with Gasteiger partial charge in [0.05, 0.1) is 12.7 Å². The van der Waals surface area contributed by atoms with E-state index in [1.165, 1.54) is 18.2 Å². The topological polar surface area (TPSA) is 26.3 Å². The highest BCUT2D eigenvalue weighted by molar-refractivity contribution is 7.10. The summed E-state index contributed by atoms with van der Waals surface area (Å²) < 4.78 is 4.81. The molecule has 1 unspecified atom stereocenters. The molecule has 0 fully saturated rings. The predicted octanol–water partition coefficient (Wildman–Crippen LogP) is 3.99. The summed E-state index contributed by atoms with van der Waals surface area (Å²) in [7, 11) is 1.42. The second kappa shape index (κ2) is 5.36. The monoisotopic (exact) mass is 260 g/mol. The number of hydrogen-bond acceptors (Lipinski definition) is 3. The molecule has 1 aromatic heterocycles. The SMILES string of the molecule is COC(=O)c1ccsc1C(C)c1ccc(C)cc1. The van der Waals surface area contributed by atoms with Crippen LogP contribution in [0.3, 0.4) is 0 Å². The van der Waals surface area contributed by atoms with Gasteiger partial charge >= 0.3 is 5.97 Å². The highest BCUT2D eigenvalue weighted by Gasteiger charge is 2.19. The molecule has 0 aliphatic heterocycles. The van der Waals surface area contributed by atoms with Crippen molar-refractivity contribution in [2.75, 3.05) is 7.11 Å². The van der Waals surface area contributed by atoms with Gasteiger partial charge in [-0.1, -0.05) is 36.8 Å². The highest BCUT2D eigenvalue weighted by atomic mass is 32.1. The molecule has 0 N–H and O–H groups in total. The van der Waals surface area contributed by atoms with Crippen LogP contribution in [0.4, 0.5) is 0 Å². The van der Waals surface area contributed by atoms with Crippen molar-refractivity contribution in [3.63, 3.8) is 0 Å². The van der Waals surface area contributed by atoms with E-state index in [4.69, 9.17) is 4.74 Å².